The number of likely N-dealkylation sites (tertiary alicyclic amines) is 1. The first-order chi connectivity index (χ1) is 13.6. The molecule has 0 bridgehead atoms. The number of aromatic nitrogens is 1. The number of rotatable bonds is 4. The monoisotopic (exact) mass is 379 g/mol. The molecule has 1 fully saturated rings. The summed E-state index contributed by atoms with van der Waals surface area (Å²) in [5.74, 6) is -0.0847. The molecule has 144 valence electrons. The van der Waals surface area contributed by atoms with Crippen LogP contribution in [-0.4, -0.2) is 35.0 Å². The van der Waals surface area contributed by atoms with Crippen LogP contribution in [0.2, 0.25) is 0 Å². The maximum absolute atomic E-state index is 12.5. The van der Waals surface area contributed by atoms with Crippen LogP contribution in [0.1, 0.15) is 40.6 Å². The highest BCUT2D eigenvalue weighted by molar-refractivity contribution is 6.03. The van der Waals surface area contributed by atoms with Gasteiger partial charge in [-0.05, 0) is 30.5 Å². The zero-order chi connectivity index (χ0) is 19.5. The molecule has 3 aromatic rings. The lowest BCUT2D eigenvalue weighted by molar-refractivity contribution is 0.0841. The van der Waals surface area contributed by atoms with Gasteiger partial charge in [-0.3, -0.25) is 4.79 Å². The van der Waals surface area contributed by atoms with E-state index < -0.39 is 5.91 Å². The number of primary amides is 1. The molecule has 0 aliphatic carbocycles. The van der Waals surface area contributed by atoms with Crippen molar-refractivity contribution in [2.24, 2.45) is 5.73 Å². The van der Waals surface area contributed by atoms with Crippen molar-refractivity contribution in [2.75, 3.05) is 13.1 Å². The van der Waals surface area contributed by atoms with Crippen molar-refractivity contribution >= 4 is 23.1 Å². The molecule has 0 radical (unpaired) electrons. The average molecular weight is 379 g/mol. The van der Waals surface area contributed by atoms with Gasteiger partial charge in [0.15, 0.2) is 11.5 Å². The van der Waals surface area contributed by atoms with Gasteiger partial charge in [0.05, 0.1) is 11.5 Å². The molecular formula is C21H21N3O4. The molecule has 1 atom stereocenters. The Morgan fingerprint density at radius 2 is 2.00 bits per heavy atom. The number of ether oxygens (including phenoxy) is 1. The molecule has 7 nitrogen and oxygen atoms in total. The van der Waals surface area contributed by atoms with E-state index in [-0.39, 0.29) is 18.6 Å². The molecule has 2 amide bonds. The number of para-hydroxylation sites is 1. The van der Waals surface area contributed by atoms with Gasteiger partial charge < -0.3 is 19.8 Å². The molecule has 2 N–H and O–H groups in total. The van der Waals surface area contributed by atoms with E-state index in [1.807, 2.05) is 30.3 Å². The lowest BCUT2D eigenvalue weighted by atomic mass is 9.98. The van der Waals surface area contributed by atoms with Gasteiger partial charge in [-0.15, -0.1) is 0 Å². The summed E-state index contributed by atoms with van der Waals surface area (Å²) in [6.45, 7) is 1.34. The SMILES string of the molecule is NC(=O)c1cccc2nc(C3CCCN(C(=O)OCc4ccccc4)C3)oc12. The Hall–Kier alpha value is -3.35. The molecule has 1 aliphatic heterocycles. The van der Waals surface area contributed by atoms with E-state index >= 15 is 0 Å². The van der Waals surface area contributed by atoms with Gasteiger partial charge in [0, 0.05) is 13.1 Å². The summed E-state index contributed by atoms with van der Waals surface area (Å²) in [6, 6.07) is 14.7. The molecule has 28 heavy (non-hydrogen) atoms. The highest BCUT2D eigenvalue weighted by Gasteiger charge is 2.29. The molecule has 1 saturated heterocycles. The second-order valence-electron chi connectivity index (χ2n) is 6.90. The number of carbonyl (C=O) groups excluding carboxylic acids is 2. The molecule has 0 saturated carbocycles. The molecule has 1 unspecified atom stereocenters. The highest BCUT2D eigenvalue weighted by Crippen LogP contribution is 2.30. The van der Waals surface area contributed by atoms with E-state index in [0.717, 1.165) is 18.4 Å². The smallest absolute Gasteiger partial charge is 0.410 e. The topological polar surface area (TPSA) is 98.7 Å². The van der Waals surface area contributed by atoms with Crippen LogP contribution in [0.4, 0.5) is 4.79 Å². The molecule has 1 aliphatic rings. The summed E-state index contributed by atoms with van der Waals surface area (Å²) < 4.78 is 11.3. The van der Waals surface area contributed by atoms with Gasteiger partial charge in [-0.2, -0.15) is 0 Å². The Morgan fingerprint density at radius 3 is 2.79 bits per heavy atom. The first kappa shape index (κ1) is 18.0. The molecule has 7 heteroatoms. The predicted molar refractivity (Wildman–Crippen MR) is 103 cm³/mol. The summed E-state index contributed by atoms with van der Waals surface area (Å²) in [7, 11) is 0. The van der Waals surface area contributed by atoms with Crippen molar-refractivity contribution in [2.45, 2.75) is 25.4 Å². The minimum Gasteiger partial charge on any atom is -0.445 e. The zero-order valence-electron chi connectivity index (χ0n) is 15.3. The molecule has 2 heterocycles. The zero-order valence-corrected chi connectivity index (χ0v) is 15.3. The first-order valence-corrected chi connectivity index (χ1v) is 9.26. The Morgan fingerprint density at radius 1 is 1.18 bits per heavy atom. The van der Waals surface area contributed by atoms with Crippen molar-refractivity contribution in [3.05, 3.63) is 65.5 Å². The molecular weight excluding hydrogens is 358 g/mol. The number of fused-ring (bicyclic) bond motifs is 1. The average Bonchev–Trinajstić information content (AvgIpc) is 3.17. The fourth-order valence-corrected chi connectivity index (χ4v) is 3.49. The Balaban J connectivity index is 1.46. The summed E-state index contributed by atoms with van der Waals surface area (Å²) in [4.78, 5) is 30.2. The van der Waals surface area contributed by atoms with Crippen LogP contribution in [0.15, 0.2) is 52.9 Å². The van der Waals surface area contributed by atoms with E-state index in [0.29, 0.717) is 35.6 Å². The second-order valence-corrected chi connectivity index (χ2v) is 6.90. The van der Waals surface area contributed by atoms with E-state index in [9.17, 15) is 9.59 Å². The fraction of sp³-hybridized carbons (Fsp3) is 0.286. The van der Waals surface area contributed by atoms with Crippen molar-refractivity contribution in [3.63, 3.8) is 0 Å². The minimum absolute atomic E-state index is 0.0499. The van der Waals surface area contributed by atoms with Crippen molar-refractivity contribution in [1.82, 2.24) is 9.88 Å². The number of nitrogens with two attached hydrogens (primary N) is 1. The number of hydrogen-bond donors (Lipinski definition) is 1. The lowest BCUT2D eigenvalue weighted by Gasteiger charge is -2.30. The summed E-state index contributed by atoms with van der Waals surface area (Å²) in [5, 5.41) is 0. The van der Waals surface area contributed by atoms with Crippen molar-refractivity contribution < 1.29 is 18.7 Å². The number of oxazole rings is 1. The van der Waals surface area contributed by atoms with Crippen molar-refractivity contribution in [3.8, 4) is 0 Å². The van der Waals surface area contributed by atoms with Crippen LogP contribution >= 0.6 is 0 Å². The maximum Gasteiger partial charge on any atom is 0.410 e. The fourth-order valence-electron chi connectivity index (χ4n) is 3.49. The van der Waals surface area contributed by atoms with E-state index in [1.54, 1.807) is 23.1 Å². The summed E-state index contributed by atoms with van der Waals surface area (Å²) >= 11 is 0. The third-order valence-electron chi connectivity index (χ3n) is 4.93. The third kappa shape index (κ3) is 3.69. The van der Waals surface area contributed by atoms with Gasteiger partial charge in [0.25, 0.3) is 5.91 Å². The van der Waals surface area contributed by atoms with Gasteiger partial charge >= 0.3 is 6.09 Å². The van der Waals surface area contributed by atoms with Gasteiger partial charge in [0.2, 0.25) is 0 Å². The van der Waals surface area contributed by atoms with Crippen molar-refractivity contribution in [1.29, 1.82) is 0 Å². The molecule has 4 rings (SSSR count). The standard InChI is InChI=1S/C21H21N3O4/c22-19(25)16-9-4-10-17-18(16)28-20(23-17)15-8-5-11-24(12-15)21(26)27-13-14-6-2-1-3-7-14/h1-4,6-7,9-10,15H,5,8,11-13H2,(H2,22,25). The largest absolute Gasteiger partial charge is 0.445 e. The number of benzene rings is 2. The van der Waals surface area contributed by atoms with Crippen LogP contribution in [-0.2, 0) is 11.3 Å². The number of amides is 2. The molecule has 0 spiro atoms. The summed E-state index contributed by atoms with van der Waals surface area (Å²) in [5.41, 5.74) is 7.66. The van der Waals surface area contributed by atoms with Gasteiger partial charge in [-0.25, -0.2) is 9.78 Å². The third-order valence-corrected chi connectivity index (χ3v) is 4.93. The molecule has 2 aromatic carbocycles. The van der Waals surface area contributed by atoms with Crippen LogP contribution in [0, 0.1) is 0 Å². The summed E-state index contributed by atoms with van der Waals surface area (Å²) in [6.07, 6.45) is 1.33. The number of piperidine rings is 1. The van der Waals surface area contributed by atoms with E-state index in [4.69, 9.17) is 14.9 Å². The lowest BCUT2D eigenvalue weighted by Crippen LogP contribution is -2.39. The first-order valence-electron chi connectivity index (χ1n) is 9.26. The van der Waals surface area contributed by atoms with Crippen LogP contribution in [0.3, 0.4) is 0 Å². The number of hydrogen-bond acceptors (Lipinski definition) is 5. The predicted octanol–water partition coefficient (Wildman–Crippen LogP) is 3.44. The van der Waals surface area contributed by atoms with Crippen LogP contribution < -0.4 is 5.73 Å². The maximum atomic E-state index is 12.5. The quantitative estimate of drug-likeness (QED) is 0.749. The van der Waals surface area contributed by atoms with Crippen LogP contribution in [0.5, 0.6) is 0 Å². The van der Waals surface area contributed by atoms with Gasteiger partial charge in [-0.1, -0.05) is 36.4 Å². The minimum atomic E-state index is -0.553. The Kier molecular flexibility index (Phi) is 4.97. The Bertz CT molecular complexity index is 999. The highest BCUT2D eigenvalue weighted by atomic mass is 16.6. The Labute approximate surface area is 162 Å². The van der Waals surface area contributed by atoms with Gasteiger partial charge in [0.1, 0.15) is 12.1 Å². The number of nitrogens with zero attached hydrogens (tertiary/aromatic N) is 2. The number of carbonyl (C=O) groups is 2. The van der Waals surface area contributed by atoms with E-state index in [1.165, 1.54) is 0 Å². The normalized spacial score (nSPS) is 16.9. The molecule has 1 aromatic heterocycles. The van der Waals surface area contributed by atoms with E-state index in [2.05, 4.69) is 4.98 Å². The second kappa shape index (κ2) is 7.72. The van der Waals surface area contributed by atoms with Crippen LogP contribution in [0.25, 0.3) is 11.1 Å².